The van der Waals surface area contributed by atoms with Crippen molar-refractivity contribution in [2.75, 3.05) is 11.9 Å². The van der Waals surface area contributed by atoms with Gasteiger partial charge in [-0.2, -0.15) is 8.78 Å². The summed E-state index contributed by atoms with van der Waals surface area (Å²) in [4.78, 5) is 24.1. The second-order valence-corrected chi connectivity index (χ2v) is 6.40. The Balaban J connectivity index is 1.54. The number of thiophene rings is 1. The van der Waals surface area contributed by atoms with Crippen molar-refractivity contribution in [3.63, 3.8) is 0 Å². The quantitative estimate of drug-likeness (QED) is 0.627. The van der Waals surface area contributed by atoms with Gasteiger partial charge in [0.05, 0.1) is 0 Å². The zero-order valence-electron chi connectivity index (χ0n) is 13.6. The second-order valence-electron chi connectivity index (χ2n) is 5.32. The van der Waals surface area contributed by atoms with E-state index in [1.807, 2.05) is 0 Å². The average molecular weight is 395 g/mol. The minimum atomic E-state index is -2.93. The van der Waals surface area contributed by atoms with Crippen LogP contribution in [0.1, 0.15) is 9.67 Å². The van der Waals surface area contributed by atoms with E-state index in [4.69, 9.17) is 4.74 Å². The van der Waals surface area contributed by atoms with E-state index in [-0.39, 0.29) is 10.6 Å². The van der Waals surface area contributed by atoms with Crippen LogP contribution in [0.4, 0.5) is 18.9 Å². The standard InChI is InChI=1S/C18H12F3NO4S/c19-11-1-6-14-10(7-11)8-15(27-14)17(24)25-9-16(23)22-12-2-4-13(5-3-12)26-18(20)21/h1-8,18H,9H2,(H,22,23). The Morgan fingerprint density at radius 3 is 2.52 bits per heavy atom. The lowest BCUT2D eigenvalue weighted by atomic mass is 10.2. The maximum Gasteiger partial charge on any atom is 0.387 e. The molecule has 3 aromatic rings. The first-order chi connectivity index (χ1) is 12.9. The summed E-state index contributed by atoms with van der Waals surface area (Å²) in [5, 5.41) is 3.03. The van der Waals surface area contributed by atoms with Gasteiger partial charge >= 0.3 is 12.6 Å². The summed E-state index contributed by atoms with van der Waals surface area (Å²) in [5.74, 6) is -1.76. The van der Waals surface area contributed by atoms with E-state index < -0.39 is 30.9 Å². The highest BCUT2D eigenvalue weighted by atomic mass is 32.1. The van der Waals surface area contributed by atoms with Crippen LogP contribution in [-0.2, 0) is 9.53 Å². The third-order valence-electron chi connectivity index (χ3n) is 3.38. The number of amides is 1. The molecule has 5 nitrogen and oxygen atoms in total. The van der Waals surface area contributed by atoms with Crippen LogP contribution in [0.15, 0.2) is 48.5 Å². The third kappa shape index (κ3) is 4.98. The Morgan fingerprint density at radius 2 is 1.81 bits per heavy atom. The predicted octanol–water partition coefficient (Wildman–Crippen LogP) is 4.44. The molecule has 0 radical (unpaired) electrons. The molecule has 3 rings (SSSR count). The van der Waals surface area contributed by atoms with Crippen LogP contribution < -0.4 is 10.1 Å². The molecule has 1 aromatic heterocycles. The number of nitrogens with one attached hydrogen (secondary N) is 1. The van der Waals surface area contributed by atoms with Crippen molar-refractivity contribution in [3.05, 3.63) is 59.2 Å². The summed E-state index contributed by atoms with van der Waals surface area (Å²) < 4.78 is 47.2. The molecule has 27 heavy (non-hydrogen) atoms. The normalized spacial score (nSPS) is 10.8. The zero-order valence-corrected chi connectivity index (χ0v) is 14.4. The highest BCUT2D eigenvalue weighted by molar-refractivity contribution is 7.20. The molecule has 2 aromatic carbocycles. The second kappa shape index (κ2) is 8.09. The number of rotatable bonds is 6. The predicted molar refractivity (Wildman–Crippen MR) is 93.8 cm³/mol. The van der Waals surface area contributed by atoms with Gasteiger partial charge in [-0.3, -0.25) is 4.79 Å². The molecular weight excluding hydrogens is 383 g/mol. The molecule has 0 bridgehead atoms. The van der Waals surface area contributed by atoms with Crippen molar-refractivity contribution in [2.45, 2.75) is 6.61 Å². The number of alkyl halides is 2. The minimum Gasteiger partial charge on any atom is -0.451 e. The zero-order chi connectivity index (χ0) is 19.4. The summed E-state index contributed by atoms with van der Waals surface area (Å²) in [5.41, 5.74) is 0.329. The van der Waals surface area contributed by atoms with E-state index in [2.05, 4.69) is 10.1 Å². The first-order valence-electron chi connectivity index (χ1n) is 7.61. The first kappa shape index (κ1) is 18.7. The molecule has 0 aliphatic carbocycles. The van der Waals surface area contributed by atoms with Gasteiger partial charge in [0.2, 0.25) is 0 Å². The average Bonchev–Trinajstić information content (AvgIpc) is 3.04. The van der Waals surface area contributed by atoms with E-state index in [1.165, 1.54) is 42.5 Å². The van der Waals surface area contributed by atoms with E-state index in [0.29, 0.717) is 11.1 Å². The number of hydrogen-bond acceptors (Lipinski definition) is 5. The van der Waals surface area contributed by atoms with Gasteiger partial charge in [0.15, 0.2) is 6.61 Å². The number of hydrogen-bond donors (Lipinski definition) is 1. The van der Waals surface area contributed by atoms with Crippen LogP contribution in [-0.4, -0.2) is 25.1 Å². The number of fused-ring (bicyclic) bond motifs is 1. The number of esters is 1. The lowest BCUT2D eigenvalue weighted by Gasteiger charge is -2.07. The van der Waals surface area contributed by atoms with Crippen molar-refractivity contribution < 1.29 is 32.2 Å². The SMILES string of the molecule is O=C(COC(=O)c1cc2cc(F)ccc2s1)Nc1ccc(OC(F)F)cc1. The molecule has 0 fully saturated rings. The van der Waals surface area contributed by atoms with E-state index in [9.17, 15) is 22.8 Å². The minimum absolute atomic E-state index is 0.0457. The summed E-state index contributed by atoms with van der Waals surface area (Å²) in [6, 6.07) is 10.9. The molecule has 1 N–H and O–H groups in total. The van der Waals surface area contributed by atoms with Crippen molar-refractivity contribution in [1.82, 2.24) is 0 Å². The highest BCUT2D eigenvalue weighted by Gasteiger charge is 2.14. The van der Waals surface area contributed by atoms with Gasteiger partial charge in [-0.25, -0.2) is 9.18 Å². The number of carbonyl (C=O) groups is 2. The topological polar surface area (TPSA) is 64.6 Å². The Kier molecular flexibility index (Phi) is 5.60. The molecule has 1 amide bonds. The summed E-state index contributed by atoms with van der Waals surface area (Å²) in [6.45, 7) is -3.47. The fourth-order valence-corrected chi connectivity index (χ4v) is 3.17. The maximum atomic E-state index is 13.2. The number of benzene rings is 2. The van der Waals surface area contributed by atoms with Gasteiger partial charge in [0.25, 0.3) is 5.91 Å². The summed E-state index contributed by atoms with van der Waals surface area (Å²) >= 11 is 1.13. The third-order valence-corrected chi connectivity index (χ3v) is 4.47. The molecule has 1 heterocycles. The summed E-state index contributed by atoms with van der Waals surface area (Å²) in [6.07, 6.45) is 0. The molecule has 0 aliphatic rings. The summed E-state index contributed by atoms with van der Waals surface area (Å²) in [7, 11) is 0. The van der Waals surface area contributed by atoms with Crippen LogP contribution >= 0.6 is 11.3 Å². The fourth-order valence-electron chi connectivity index (χ4n) is 2.23. The molecule has 0 atom stereocenters. The van der Waals surface area contributed by atoms with Gasteiger partial charge in [0, 0.05) is 10.4 Å². The van der Waals surface area contributed by atoms with Gasteiger partial charge < -0.3 is 14.8 Å². The van der Waals surface area contributed by atoms with Gasteiger partial charge in [-0.15, -0.1) is 11.3 Å². The molecule has 0 aliphatic heterocycles. The van der Waals surface area contributed by atoms with Gasteiger partial charge in [0.1, 0.15) is 16.4 Å². The van der Waals surface area contributed by atoms with Crippen LogP contribution in [0.3, 0.4) is 0 Å². The molecule has 9 heteroatoms. The molecule has 0 saturated heterocycles. The van der Waals surface area contributed by atoms with Crippen molar-refractivity contribution in [2.24, 2.45) is 0 Å². The van der Waals surface area contributed by atoms with Gasteiger partial charge in [-0.05, 0) is 53.9 Å². The number of carbonyl (C=O) groups excluding carboxylic acids is 2. The van der Waals surface area contributed by atoms with Gasteiger partial charge in [-0.1, -0.05) is 0 Å². The number of anilines is 1. The van der Waals surface area contributed by atoms with E-state index in [0.717, 1.165) is 16.0 Å². The van der Waals surface area contributed by atoms with Crippen LogP contribution in [0.5, 0.6) is 5.75 Å². The molecule has 0 saturated carbocycles. The highest BCUT2D eigenvalue weighted by Crippen LogP contribution is 2.26. The van der Waals surface area contributed by atoms with E-state index >= 15 is 0 Å². The maximum absolute atomic E-state index is 13.2. The Morgan fingerprint density at radius 1 is 1.07 bits per heavy atom. The van der Waals surface area contributed by atoms with Crippen molar-refractivity contribution in [1.29, 1.82) is 0 Å². The smallest absolute Gasteiger partial charge is 0.387 e. The lowest BCUT2D eigenvalue weighted by Crippen LogP contribution is -2.20. The fraction of sp³-hybridized carbons (Fsp3) is 0.111. The lowest BCUT2D eigenvalue weighted by molar-refractivity contribution is -0.119. The van der Waals surface area contributed by atoms with Crippen LogP contribution in [0, 0.1) is 5.82 Å². The monoisotopic (exact) mass is 395 g/mol. The molecule has 0 spiro atoms. The van der Waals surface area contributed by atoms with Crippen molar-refractivity contribution >= 4 is 39.0 Å². The number of halogens is 3. The number of ether oxygens (including phenoxy) is 2. The molecule has 140 valence electrons. The first-order valence-corrected chi connectivity index (χ1v) is 8.43. The Labute approximate surface area is 155 Å². The molecular formula is C18H12F3NO4S. The van der Waals surface area contributed by atoms with E-state index in [1.54, 1.807) is 6.07 Å². The molecule has 0 unspecified atom stereocenters. The van der Waals surface area contributed by atoms with Crippen molar-refractivity contribution in [3.8, 4) is 5.75 Å². The largest absolute Gasteiger partial charge is 0.451 e. The Hall–Kier alpha value is -3.07. The Bertz CT molecular complexity index is 972. The van der Waals surface area contributed by atoms with Crippen LogP contribution in [0.2, 0.25) is 0 Å². The van der Waals surface area contributed by atoms with Crippen LogP contribution in [0.25, 0.3) is 10.1 Å².